The molecule has 4 nitrogen and oxygen atoms in total. The molecule has 1 fully saturated rings. The van der Waals surface area contributed by atoms with E-state index < -0.39 is 17.7 Å². The molecule has 102 valence electrons. The highest BCUT2D eigenvalue weighted by Crippen LogP contribution is 2.21. The number of amides is 1. The Balaban J connectivity index is 2.07. The molecular weight excluding hydrogens is 317 g/mol. The lowest BCUT2D eigenvalue weighted by molar-refractivity contribution is -0.143. The van der Waals surface area contributed by atoms with Gasteiger partial charge >= 0.3 is 5.97 Å². The van der Waals surface area contributed by atoms with Crippen LogP contribution in [0.1, 0.15) is 23.2 Å². The molecule has 0 aliphatic carbocycles. The highest BCUT2D eigenvalue weighted by Gasteiger charge is 2.28. The molecule has 0 bridgehead atoms. The second-order valence-corrected chi connectivity index (χ2v) is 5.44. The van der Waals surface area contributed by atoms with E-state index in [1.807, 2.05) is 0 Å². The van der Waals surface area contributed by atoms with Crippen LogP contribution in [0, 0.1) is 11.7 Å². The van der Waals surface area contributed by atoms with E-state index in [4.69, 9.17) is 5.11 Å². The van der Waals surface area contributed by atoms with Crippen LogP contribution in [0.25, 0.3) is 0 Å². The summed E-state index contributed by atoms with van der Waals surface area (Å²) in [5, 5.41) is 8.89. The van der Waals surface area contributed by atoms with Gasteiger partial charge in [-0.2, -0.15) is 0 Å². The average molecular weight is 330 g/mol. The maximum atomic E-state index is 13.7. The van der Waals surface area contributed by atoms with E-state index in [9.17, 15) is 14.0 Å². The maximum Gasteiger partial charge on any atom is 0.306 e. The van der Waals surface area contributed by atoms with Gasteiger partial charge in [-0.15, -0.1) is 0 Å². The lowest BCUT2D eigenvalue weighted by atomic mass is 9.96. The summed E-state index contributed by atoms with van der Waals surface area (Å²) in [7, 11) is 0. The van der Waals surface area contributed by atoms with Crippen LogP contribution in [-0.2, 0) is 4.79 Å². The van der Waals surface area contributed by atoms with E-state index in [2.05, 4.69) is 15.9 Å². The minimum atomic E-state index is -0.832. The van der Waals surface area contributed by atoms with Gasteiger partial charge in [0, 0.05) is 17.6 Å². The van der Waals surface area contributed by atoms with Crippen LogP contribution in [0.4, 0.5) is 4.39 Å². The highest BCUT2D eigenvalue weighted by molar-refractivity contribution is 9.10. The van der Waals surface area contributed by atoms with Gasteiger partial charge in [0.2, 0.25) is 0 Å². The number of likely N-dealkylation sites (tertiary alicyclic amines) is 1. The minimum Gasteiger partial charge on any atom is -0.481 e. The Bertz CT molecular complexity index is 513. The summed E-state index contributed by atoms with van der Waals surface area (Å²) >= 11 is 3.14. The Labute approximate surface area is 118 Å². The maximum absolute atomic E-state index is 13.7. The van der Waals surface area contributed by atoms with E-state index >= 15 is 0 Å². The Morgan fingerprint density at radius 3 is 2.47 bits per heavy atom. The second-order valence-electron chi connectivity index (χ2n) is 4.53. The average Bonchev–Trinajstić information content (AvgIpc) is 2.38. The molecule has 0 spiro atoms. The summed E-state index contributed by atoms with van der Waals surface area (Å²) in [6.07, 6.45) is 0.832. The van der Waals surface area contributed by atoms with Gasteiger partial charge in [-0.25, -0.2) is 4.39 Å². The number of carbonyl (C=O) groups is 2. The second kappa shape index (κ2) is 5.69. The van der Waals surface area contributed by atoms with Crippen LogP contribution in [0.15, 0.2) is 22.7 Å². The first kappa shape index (κ1) is 14.0. The molecule has 19 heavy (non-hydrogen) atoms. The molecule has 6 heteroatoms. The molecule has 1 N–H and O–H groups in total. The smallest absolute Gasteiger partial charge is 0.306 e. The third-order valence-corrected chi connectivity index (χ3v) is 3.79. The van der Waals surface area contributed by atoms with E-state index in [-0.39, 0.29) is 11.5 Å². The molecule has 1 aromatic carbocycles. The number of aliphatic carboxylic acids is 1. The number of rotatable bonds is 2. The summed E-state index contributed by atoms with van der Waals surface area (Å²) in [5.74, 6) is -2.19. The van der Waals surface area contributed by atoms with Crippen LogP contribution in [0.3, 0.4) is 0 Å². The number of carboxylic acid groups (broad SMARTS) is 1. The number of carbonyl (C=O) groups excluding carboxylic acids is 1. The van der Waals surface area contributed by atoms with Crippen molar-refractivity contribution in [1.29, 1.82) is 0 Å². The summed E-state index contributed by atoms with van der Waals surface area (Å²) in [5.41, 5.74) is 0.0250. The molecule has 1 heterocycles. The van der Waals surface area contributed by atoms with Crippen molar-refractivity contribution < 1.29 is 19.1 Å². The lowest BCUT2D eigenvalue weighted by Gasteiger charge is -2.30. The van der Waals surface area contributed by atoms with Crippen molar-refractivity contribution in [2.24, 2.45) is 5.92 Å². The third-order valence-electron chi connectivity index (χ3n) is 3.29. The summed E-state index contributed by atoms with van der Waals surface area (Å²) in [6, 6.07) is 4.29. The zero-order valence-electron chi connectivity index (χ0n) is 10.1. The first-order chi connectivity index (χ1) is 8.99. The monoisotopic (exact) mass is 329 g/mol. The number of hydrogen-bond acceptors (Lipinski definition) is 2. The van der Waals surface area contributed by atoms with Crippen molar-refractivity contribution in [2.45, 2.75) is 12.8 Å². The van der Waals surface area contributed by atoms with Gasteiger partial charge in [-0.3, -0.25) is 9.59 Å². The third kappa shape index (κ3) is 3.12. The number of hydrogen-bond donors (Lipinski definition) is 1. The summed E-state index contributed by atoms with van der Waals surface area (Å²) in [6.45, 7) is 0.705. The Kier molecular flexibility index (Phi) is 4.19. The highest BCUT2D eigenvalue weighted by atomic mass is 79.9. The zero-order valence-corrected chi connectivity index (χ0v) is 11.7. The summed E-state index contributed by atoms with van der Waals surface area (Å²) in [4.78, 5) is 24.5. The molecule has 0 unspecified atom stereocenters. The normalized spacial score (nSPS) is 16.4. The fraction of sp³-hybridized carbons (Fsp3) is 0.385. The topological polar surface area (TPSA) is 57.6 Å². The Morgan fingerprint density at radius 2 is 1.95 bits per heavy atom. The first-order valence-electron chi connectivity index (χ1n) is 5.96. The minimum absolute atomic E-state index is 0.0250. The summed E-state index contributed by atoms with van der Waals surface area (Å²) < 4.78 is 14.3. The van der Waals surface area contributed by atoms with Gasteiger partial charge in [0.05, 0.1) is 11.5 Å². The SMILES string of the molecule is O=C(O)C1CCN(C(=O)c2ccc(Br)cc2F)CC1. The van der Waals surface area contributed by atoms with Gasteiger partial charge in [0.1, 0.15) is 5.82 Å². The number of carboxylic acids is 1. The van der Waals surface area contributed by atoms with Crippen LogP contribution >= 0.6 is 15.9 Å². The molecular formula is C13H13BrFNO3. The molecule has 1 saturated heterocycles. The molecule has 0 aromatic heterocycles. The van der Waals surface area contributed by atoms with Gasteiger partial charge in [0.15, 0.2) is 0 Å². The van der Waals surface area contributed by atoms with E-state index in [0.29, 0.717) is 30.4 Å². The zero-order chi connectivity index (χ0) is 14.0. The fourth-order valence-corrected chi connectivity index (χ4v) is 2.50. The molecule has 0 atom stereocenters. The van der Waals surface area contributed by atoms with E-state index in [1.54, 1.807) is 6.07 Å². The van der Waals surface area contributed by atoms with E-state index in [1.165, 1.54) is 17.0 Å². The number of halogens is 2. The van der Waals surface area contributed by atoms with Crippen LogP contribution < -0.4 is 0 Å². The molecule has 1 aliphatic rings. The van der Waals surface area contributed by atoms with Crippen molar-refractivity contribution in [1.82, 2.24) is 4.90 Å². The fourth-order valence-electron chi connectivity index (χ4n) is 2.16. The molecule has 0 radical (unpaired) electrons. The quantitative estimate of drug-likeness (QED) is 0.907. The number of benzene rings is 1. The van der Waals surface area contributed by atoms with Crippen LogP contribution in [0.2, 0.25) is 0 Å². The molecule has 1 aromatic rings. The standard InChI is InChI=1S/C13H13BrFNO3/c14-9-1-2-10(11(15)7-9)12(17)16-5-3-8(4-6-16)13(18)19/h1-2,7-8H,3-6H2,(H,18,19). The lowest BCUT2D eigenvalue weighted by Crippen LogP contribution is -2.40. The first-order valence-corrected chi connectivity index (χ1v) is 6.75. The Hall–Kier alpha value is -1.43. The predicted molar refractivity (Wildman–Crippen MR) is 70.4 cm³/mol. The van der Waals surface area contributed by atoms with Gasteiger partial charge < -0.3 is 10.0 Å². The molecule has 2 rings (SSSR count). The molecule has 0 saturated carbocycles. The van der Waals surface area contributed by atoms with Crippen molar-refractivity contribution in [2.75, 3.05) is 13.1 Å². The van der Waals surface area contributed by atoms with Crippen LogP contribution in [-0.4, -0.2) is 35.0 Å². The van der Waals surface area contributed by atoms with Crippen LogP contribution in [0.5, 0.6) is 0 Å². The largest absolute Gasteiger partial charge is 0.481 e. The molecule has 1 amide bonds. The van der Waals surface area contributed by atoms with Gasteiger partial charge in [-0.1, -0.05) is 15.9 Å². The van der Waals surface area contributed by atoms with Crippen molar-refractivity contribution in [3.63, 3.8) is 0 Å². The van der Waals surface area contributed by atoms with Gasteiger partial charge in [0.25, 0.3) is 5.91 Å². The van der Waals surface area contributed by atoms with Crippen molar-refractivity contribution >= 4 is 27.8 Å². The van der Waals surface area contributed by atoms with Crippen molar-refractivity contribution in [3.05, 3.63) is 34.1 Å². The molecule has 1 aliphatic heterocycles. The Morgan fingerprint density at radius 1 is 1.32 bits per heavy atom. The predicted octanol–water partition coefficient (Wildman–Crippen LogP) is 2.53. The van der Waals surface area contributed by atoms with Gasteiger partial charge in [-0.05, 0) is 31.0 Å². The number of piperidine rings is 1. The van der Waals surface area contributed by atoms with E-state index in [0.717, 1.165) is 0 Å². The van der Waals surface area contributed by atoms with Crippen molar-refractivity contribution in [3.8, 4) is 0 Å². The number of nitrogens with zero attached hydrogens (tertiary/aromatic N) is 1.